The molecule has 1 aromatic heterocycles. The molecule has 0 amide bonds. The Morgan fingerprint density at radius 2 is 2.27 bits per heavy atom. The summed E-state index contributed by atoms with van der Waals surface area (Å²) in [7, 11) is 1.34. The fraction of sp³-hybridized carbons (Fsp3) is 0.643. The van der Waals surface area contributed by atoms with Gasteiger partial charge in [0.05, 0.1) is 19.6 Å². The van der Waals surface area contributed by atoms with Crippen LogP contribution in [0.1, 0.15) is 31.1 Å². The van der Waals surface area contributed by atoms with Crippen molar-refractivity contribution in [2.45, 2.75) is 38.5 Å². The summed E-state index contributed by atoms with van der Waals surface area (Å²) in [5.41, 5.74) is 5.07. The van der Waals surface area contributed by atoms with Crippen LogP contribution < -0.4 is 17.0 Å². The number of nitrogens with two attached hydrogens (primary N) is 1. The SMILES string of the molecule is COC(=O)CC1C[C@H](n2cc(C)c(=O)[nH]c2=O)O[C@@H]1CCN. The molecule has 1 unspecified atom stereocenters. The number of carbonyl (C=O) groups excluding carboxylic acids is 1. The Hall–Kier alpha value is -1.93. The number of carbonyl (C=O) groups is 1. The van der Waals surface area contributed by atoms with Crippen LogP contribution in [0.2, 0.25) is 0 Å². The minimum Gasteiger partial charge on any atom is -0.469 e. The lowest BCUT2D eigenvalue weighted by Crippen LogP contribution is -2.33. The Labute approximate surface area is 127 Å². The van der Waals surface area contributed by atoms with E-state index in [0.717, 1.165) is 0 Å². The van der Waals surface area contributed by atoms with Gasteiger partial charge in [0, 0.05) is 11.8 Å². The fourth-order valence-electron chi connectivity index (χ4n) is 2.74. The summed E-state index contributed by atoms with van der Waals surface area (Å²) in [6, 6.07) is 0. The first kappa shape index (κ1) is 16.4. The Morgan fingerprint density at radius 1 is 1.55 bits per heavy atom. The van der Waals surface area contributed by atoms with Crippen molar-refractivity contribution >= 4 is 5.97 Å². The fourth-order valence-corrected chi connectivity index (χ4v) is 2.74. The monoisotopic (exact) mass is 311 g/mol. The van der Waals surface area contributed by atoms with Crippen LogP contribution in [0.15, 0.2) is 15.8 Å². The van der Waals surface area contributed by atoms with Gasteiger partial charge in [-0.3, -0.25) is 19.1 Å². The summed E-state index contributed by atoms with van der Waals surface area (Å²) in [5.74, 6) is -0.388. The minimum absolute atomic E-state index is 0.0693. The molecule has 22 heavy (non-hydrogen) atoms. The van der Waals surface area contributed by atoms with Crippen molar-refractivity contribution in [1.29, 1.82) is 0 Å². The number of rotatable bonds is 5. The summed E-state index contributed by atoms with van der Waals surface area (Å²) in [4.78, 5) is 37.1. The molecule has 8 heteroatoms. The van der Waals surface area contributed by atoms with Gasteiger partial charge >= 0.3 is 11.7 Å². The second-order valence-electron chi connectivity index (χ2n) is 5.46. The molecule has 0 radical (unpaired) electrons. The van der Waals surface area contributed by atoms with Crippen molar-refractivity contribution in [2.24, 2.45) is 11.7 Å². The van der Waals surface area contributed by atoms with E-state index < -0.39 is 17.5 Å². The number of nitrogens with one attached hydrogen (secondary N) is 1. The molecule has 2 rings (SSSR count). The van der Waals surface area contributed by atoms with Gasteiger partial charge in [0.15, 0.2) is 0 Å². The molecule has 0 aromatic carbocycles. The van der Waals surface area contributed by atoms with E-state index in [9.17, 15) is 14.4 Å². The molecule has 1 fully saturated rings. The van der Waals surface area contributed by atoms with Crippen LogP contribution in [0.3, 0.4) is 0 Å². The van der Waals surface area contributed by atoms with Crippen LogP contribution in [-0.2, 0) is 14.3 Å². The molecule has 1 aliphatic rings. The summed E-state index contributed by atoms with van der Waals surface area (Å²) in [6.07, 6.45) is 2.04. The van der Waals surface area contributed by atoms with E-state index in [0.29, 0.717) is 24.9 Å². The molecular weight excluding hydrogens is 290 g/mol. The molecule has 8 nitrogen and oxygen atoms in total. The maximum Gasteiger partial charge on any atom is 0.330 e. The zero-order valence-electron chi connectivity index (χ0n) is 12.7. The van der Waals surface area contributed by atoms with Crippen LogP contribution in [0, 0.1) is 12.8 Å². The van der Waals surface area contributed by atoms with Gasteiger partial charge in [0.2, 0.25) is 0 Å². The van der Waals surface area contributed by atoms with Crippen LogP contribution in [-0.4, -0.2) is 35.3 Å². The van der Waals surface area contributed by atoms with Crippen molar-refractivity contribution in [3.05, 3.63) is 32.6 Å². The van der Waals surface area contributed by atoms with Gasteiger partial charge in [-0.15, -0.1) is 0 Å². The lowest BCUT2D eigenvalue weighted by molar-refractivity contribution is -0.142. The minimum atomic E-state index is -0.522. The van der Waals surface area contributed by atoms with Crippen molar-refractivity contribution in [1.82, 2.24) is 9.55 Å². The smallest absolute Gasteiger partial charge is 0.330 e. The average Bonchev–Trinajstić information content (AvgIpc) is 2.86. The third kappa shape index (κ3) is 3.45. The van der Waals surface area contributed by atoms with Gasteiger partial charge in [-0.1, -0.05) is 0 Å². The van der Waals surface area contributed by atoms with Gasteiger partial charge in [0.1, 0.15) is 6.23 Å². The zero-order chi connectivity index (χ0) is 16.3. The first-order valence-corrected chi connectivity index (χ1v) is 7.20. The Balaban J connectivity index is 2.23. The predicted octanol–water partition coefficient (Wildman–Crippen LogP) is -0.339. The van der Waals surface area contributed by atoms with Crippen molar-refractivity contribution in [2.75, 3.05) is 13.7 Å². The second-order valence-corrected chi connectivity index (χ2v) is 5.46. The molecule has 122 valence electrons. The first-order chi connectivity index (χ1) is 10.5. The van der Waals surface area contributed by atoms with E-state index in [4.69, 9.17) is 15.2 Å². The van der Waals surface area contributed by atoms with Gasteiger partial charge in [-0.2, -0.15) is 0 Å². The number of aromatic amines is 1. The van der Waals surface area contributed by atoms with E-state index in [1.165, 1.54) is 17.9 Å². The molecule has 0 spiro atoms. The molecule has 1 aliphatic heterocycles. The van der Waals surface area contributed by atoms with E-state index in [1.807, 2.05) is 0 Å². The highest BCUT2D eigenvalue weighted by atomic mass is 16.5. The molecule has 3 atom stereocenters. The Bertz CT molecular complexity index is 651. The average molecular weight is 311 g/mol. The molecule has 0 bridgehead atoms. The highest BCUT2D eigenvalue weighted by molar-refractivity contribution is 5.69. The Morgan fingerprint density at radius 3 is 2.91 bits per heavy atom. The third-order valence-corrected chi connectivity index (χ3v) is 3.93. The molecule has 2 heterocycles. The number of hydrogen-bond donors (Lipinski definition) is 2. The maximum absolute atomic E-state index is 11.9. The Kier molecular flexibility index (Phi) is 5.15. The maximum atomic E-state index is 11.9. The number of hydrogen-bond acceptors (Lipinski definition) is 6. The van der Waals surface area contributed by atoms with E-state index >= 15 is 0 Å². The van der Waals surface area contributed by atoms with Crippen molar-refractivity contribution in [3.63, 3.8) is 0 Å². The predicted molar refractivity (Wildman–Crippen MR) is 78.4 cm³/mol. The largest absolute Gasteiger partial charge is 0.469 e. The van der Waals surface area contributed by atoms with Crippen LogP contribution in [0.5, 0.6) is 0 Å². The van der Waals surface area contributed by atoms with Gasteiger partial charge in [-0.25, -0.2) is 4.79 Å². The number of ether oxygens (including phenoxy) is 2. The molecule has 3 N–H and O–H groups in total. The number of esters is 1. The first-order valence-electron chi connectivity index (χ1n) is 7.20. The number of aromatic nitrogens is 2. The number of H-pyrrole nitrogens is 1. The number of nitrogens with zero attached hydrogens (tertiary/aromatic N) is 1. The molecule has 1 saturated heterocycles. The number of methoxy groups -OCH3 is 1. The summed E-state index contributed by atoms with van der Waals surface area (Å²) < 4.78 is 11.9. The van der Waals surface area contributed by atoms with Crippen LogP contribution in [0.4, 0.5) is 0 Å². The lowest BCUT2D eigenvalue weighted by Gasteiger charge is -2.17. The van der Waals surface area contributed by atoms with Gasteiger partial charge < -0.3 is 15.2 Å². The highest BCUT2D eigenvalue weighted by Crippen LogP contribution is 2.36. The van der Waals surface area contributed by atoms with E-state index in [-0.39, 0.29) is 24.4 Å². The molecule has 1 aromatic rings. The molecule has 0 aliphatic carbocycles. The third-order valence-electron chi connectivity index (χ3n) is 3.93. The number of aryl methyl sites for hydroxylation is 1. The highest BCUT2D eigenvalue weighted by Gasteiger charge is 2.37. The topological polar surface area (TPSA) is 116 Å². The van der Waals surface area contributed by atoms with Gasteiger partial charge in [-0.05, 0) is 32.2 Å². The zero-order valence-corrected chi connectivity index (χ0v) is 12.7. The second kappa shape index (κ2) is 6.89. The van der Waals surface area contributed by atoms with E-state index in [1.54, 1.807) is 6.92 Å². The standard InChI is InChI=1S/C14H21N3O5/c1-8-7-17(14(20)16-13(8)19)11-5-9(6-12(18)21-2)10(22-11)3-4-15/h7,9-11H,3-6,15H2,1-2H3,(H,16,19,20)/t9?,10-,11-/m1/s1. The van der Waals surface area contributed by atoms with Crippen LogP contribution >= 0.6 is 0 Å². The summed E-state index contributed by atoms with van der Waals surface area (Å²) in [6.45, 7) is 2.04. The van der Waals surface area contributed by atoms with Crippen molar-refractivity contribution < 1.29 is 14.3 Å². The van der Waals surface area contributed by atoms with Gasteiger partial charge in [0.25, 0.3) is 5.56 Å². The normalized spacial score (nSPS) is 24.4. The van der Waals surface area contributed by atoms with E-state index in [2.05, 4.69) is 4.98 Å². The quantitative estimate of drug-likeness (QED) is 0.719. The summed E-state index contributed by atoms with van der Waals surface area (Å²) in [5, 5.41) is 0. The van der Waals surface area contributed by atoms with Crippen LogP contribution in [0.25, 0.3) is 0 Å². The van der Waals surface area contributed by atoms with Crippen molar-refractivity contribution in [3.8, 4) is 0 Å². The molecular formula is C14H21N3O5. The molecule has 0 saturated carbocycles. The lowest BCUT2D eigenvalue weighted by atomic mass is 9.95. The summed E-state index contributed by atoms with van der Waals surface area (Å²) >= 11 is 0.